The highest BCUT2D eigenvalue weighted by Gasteiger charge is 2.20. The van der Waals surface area contributed by atoms with Crippen LogP contribution in [0.3, 0.4) is 0 Å². The summed E-state index contributed by atoms with van der Waals surface area (Å²) < 4.78 is 5.25. The minimum Gasteiger partial charge on any atom is -0.496 e. The maximum Gasteiger partial charge on any atom is 0.308 e. The zero-order chi connectivity index (χ0) is 17.4. The average Bonchev–Trinajstić information content (AvgIpc) is 3.10. The smallest absolute Gasteiger partial charge is 0.308 e. The Kier molecular flexibility index (Phi) is 6.74. The normalized spacial score (nSPS) is 11.7. The van der Waals surface area contributed by atoms with Gasteiger partial charge in [-0.25, -0.2) is 4.98 Å². The van der Waals surface area contributed by atoms with Crippen molar-refractivity contribution in [2.45, 2.75) is 19.3 Å². The van der Waals surface area contributed by atoms with Crippen LogP contribution in [-0.2, 0) is 22.4 Å². The summed E-state index contributed by atoms with van der Waals surface area (Å²) in [7, 11) is 1.55. The van der Waals surface area contributed by atoms with Gasteiger partial charge in [-0.05, 0) is 18.1 Å². The first-order chi connectivity index (χ1) is 11.6. The van der Waals surface area contributed by atoms with Crippen molar-refractivity contribution in [2.24, 2.45) is 5.92 Å². The van der Waals surface area contributed by atoms with Gasteiger partial charge in [0.25, 0.3) is 0 Å². The Hall–Kier alpha value is -2.41. The van der Waals surface area contributed by atoms with Gasteiger partial charge in [-0.2, -0.15) is 0 Å². The van der Waals surface area contributed by atoms with Crippen LogP contribution in [0.4, 0.5) is 0 Å². The zero-order valence-electron chi connectivity index (χ0n) is 13.4. The fourth-order valence-corrected chi connectivity index (χ4v) is 2.93. The van der Waals surface area contributed by atoms with E-state index in [-0.39, 0.29) is 12.5 Å². The van der Waals surface area contributed by atoms with Crippen LogP contribution in [-0.4, -0.2) is 35.6 Å². The molecular weight excluding hydrogens is 328 g/mol. The van der Waals surface area contributed by atoms with Gasteiger partial charge in [-0.3, -0.25) is 9.59 Å². The maximum atomic E-state index is 11.9. The number of nitrogens with zero attached hydrogens (tertiary/aromatic N) is 1. The van der Waals surface area contributed by atoms with Gasteiger partial charge in [0.1, 0.15) is 5.75 Å². The number of aliphatic carboxylic acids is 1. The van der Waals surface area contributed by atoms with Crippen molar-refractivity contribution in [1.29, 1.82) is 0 Å². The number of carboxylic acid groups (broad SMARTS) is 1. The van der Waals surface area contributed by atoms with E-state index in [1.807, 2.05) is 23.6 Å². The molecule has 2 rings (SSSR count). The van der Waals surface area contributed by atoms with Crippen LogP contribution in [0.5, 0.6) is 5.75 Å². The summed E-state index contributed by atoms with van der Waals surface area (Å²) in [6.45, 7) is 0.0874. The van der Waals surface area contributed by atoms with E-state index in [9.17, 15) is 14.7 Å². The summed E-state index contributed by atoms with van der Waals surface area (Å²) in [6, 6.07) is 7.29. The first kappa shape index (κ1) is 17.9. The van der Waals surface area contributed by atoms with E-state index in [1.54, 1.807) is 19.4 Å². The lowest BCUT2D eigenvalue weighted by Gasteiger charge is -2.15. The standard InChI is InChI=1S/C17H20N2O4S/c1-23-14-5-3-2-4-12(14)10-13(17(21)22)11-19-15(20)6-7-16-18-8-9-24-16/h2-5,8-9,13H,6-7,10-11H2,1H3,(H,19,20)(H,21,22). The predicted molar refractivity (Wildman–Crippen MR) is 91.3 cm³/mol. The molecule has 128 valence electrons. The molecular formula is C17H20N2O4S. The van der Waals surface area contributed by atoms with E-state index in [2.05, 4.69) is 10.3 Å². The molecule has 2 N–H and O–H groups in total. The Morgan fingerprint density at radius 1 is 1.38 bits per heavy atom. The molecule has 0 fully saturated rings. The number of carbonyl (C=O) groups excluding carboxylic acids is 1. The van der Waals surface area contributed by atoms with Crippen LogP contribution in [0.1, 0.15) is 17.0 Å². The van der Waals surface area contributed by atoms with Gasteiger partial charge >= 0.3 is 5.97 Å². The van der Waals surface area contributed by atoms with Crippen molar-refractivity contribution in [3.8, 4) is 5.75 Å². The number of ether oxygens (including phenoxy) is 1. The molecule has 1 heterocycles. The van der Waals surface area contributed by atoms with Gasteiger partial charge in [0.05, 0.1) is 18.0 Å². The largest absolute Gasteiger partial charge is 0.496 e. The SMILES string of the molecule is COc1ccccc1CC(CNC(=O)CCc1nccs1)C(=O)O. The number of carbonyl (C=O) groups is 2. The number of aromatic nitrogens is 1. The molecule has 0 aliphatic rings. The summed E-state index contributed by atoms with van der Waals surface area (Å²) in [5.74, 6) is -1.17. The van der Waals surface area contributed by atoms with Gasteiger partial charge in [-0.1, -0.05) is 18.2 Å². The Morgan fingerprint density at radius 2 is 2.17 bits per heavy atom. The molecule has 0 aliphatic carbocycles. The molecule has 0 radical (unpaired) electrons. The van der Waals surface area contributed by atoms with Gasteiger partial charge in [0.2, 0.25) is 5.91 Å². The highest BCUT2D eigenvalue weighted by molar-refractivity contribution is 7.09. The molecule has 0 bridgehead atoms. The highest BCUT2D eigenvalue weighted by Crippen LogP contribution is 2.21. The summed E-state index contributed by atoms with van der Waals surface area (Å²) in [6.07, 6.45) is 2.86. The average molecular weight is 348 g/mol. The quantitative estimate of drug-likeness (QED) is 0.725. The first-order valence-electron chi connectivity index (χ1n) is 7.60. The van der Waals surface area contributed by atoms with Crippen LogP contribution >= 0.6 is 11.3 Å². The number of para-hydroxylation sites is 1. The van der Waals surface area contributed by atoms with E-state index in [1.165, 1.54) is 11.3 Å². The van der Waals surface area contributed by atoms with E-state index in [0.717, 1.165) is 10.6 Å². The second kappa shape index (κ2) is 9.02. The Morgan fingerprint density at radius 3 is 2.83 bits per heavy atom. The number of nitrogens with one attached hydrogen (secondary N) is 1. The number of carboxylic acids is 1. The van der Waals surface area contributed by atoms with Crippen molar-refractivity contribution < 1.29 is 19.4 Å². The molecule has 1 atom stereocenters. The van der Waals surface area contributed by atoms with Gasteiger partial charge in [0, 0.05) is 31.0 Å². The van der Waals surface area contributed by atoms with E-state index in [4.69, 9.17) is 4.74 Å². The molecule has 0 saturated carbocycles. The molecule has 0 aliphatic heterocycles. The van der Waals surface area contributed by atoms with Gasteiger partial charge in [0.15, 0.2) is 0 Å². The molecule has 1 amide bonds. The lowest BCUT2D eigenvalue weighted by Crippen LogP contribution is -2.34. The third kappa shape index (κ3) is 5.34. The third-order valence-electron chi connectivity index (χ3n) is 3.60. The monoisotopic (exact) mass is 348 g/mol. The zero-order valence-corrected chi connectivity index (χ0v) is 14.2. The number of methoxy groups -OCH3 is 1. The topological polar surface area (TPSA) is 88.5 Å². The molecule has 2 aromatic rings. The lowest BCUT2D eigenvalue weighted by molar-refractivity contribution is -0.141. The molecule has 0 saturated heterocycles. The van der Waals surface area contributed by atoms with Crippen LogP contribution in [0.15, 0.2) is 35.8 Å². The van der Waals surface area contributed by atoms with Crippen LogP contribution in [0.2, 0.25) is 0 Å². The van der Waals surface area contributed by atoms with E-state index >= 15 is 0 Å². The molecule has 7 heteroatoms. The molecule has 1 unspecified atom stereocenters. The number of aryl methyl sites for hydroxylation is 1. The summed E-state index contributed by atoms with van der Waals surface area (Å²) >= 11 is 1.50. The Balaban J connectivity index is 1.86. The molecule has 24 heavy (non-hydrogen) atoms. The second-order valence-corrected chi connectivity index (χ2v) is 6.26. The summed E-state index contributed by atoms with van der Waals surface area (Å²) in [5, 5.41) is 14.9. The fraction of sp³-hybridized carbons (Fsp3) is 0.353. The van der Waals surface area contributed by atoms with Crippen molar-refractivity contribution in [3.05, 3.63) is 46.4 Å². The van der Waals surface area contributed by atoms with Crippen molar-refractivity contribution in [2.75, 3.05) is 13.7 Å². The van der Waals surface area contributed by atoms with E-state index in [0.29, 0.717) is 25.0 Å². The highest BCUT2D eigenvalue weighted by atomic mass is 32.1. The number of thiazole rings is 1. The molecule has 1 aromatic heterocycles. The summed E-state index contributed by atoms with van der Waals surface area (Å²) in [4.78, 5) is 27.5. The second-order valence-electron chi connectivity index (χ2n) is 5.28. The number of amides is 1. The minimum absolute atomic E-state index is 0.0874. The Labute approximate surface area is 144 Å². The molecule has 1 aromatic carbocycles. The van der Waals surface area contributed by atoms with Crippen molar-refractivity contribution in [1.82, 2.24) is 10.3 Å². The third-order valence-corrected chi connectivity index (χ3v) is 4.44. The summed E-state index contributed by atoms with van der Waals surface area (Å²) in [5.41, 5.74) is 0.810. The minimum atomic E-state index is -0.943. The Bertz CT molecular complexity index is 673. The maximum absolute atomic E-state index is 11.9. The number of hydrogen-bond acceptors (Lipinski definition) is 5. The number of rotatable bonds is 9. The molecule has 6 nitrogen and oxygen atoms in total. The number of benzene rings is 1. The predicted octanol–water partition coefficient (Wildman–Crippen LogP) is 2.14. The van der Waals surface area contributed by atoms with Gasteiger partial charge in [-0.15, -0.1) is 11.3 Å². The van der Waals surface area contributed by atoms with Crippen molar-refractivity contribution >= 4 is 23.2 Å². The fourth-order valence-electron chi connectivity index (χ4n) is 2.31. The molecule has 0 spiro atoms. The van der Waals surface area contributed by atoms with Crippen LogP contribution in [0.25, 0.3) is 0 Å². The van der Waals surface area contributed by atoms with Gasteiger partial charge < -0.3 is 15.2 Å². The van der Waals surface area contributed by atoms with Crippen molar-refractivity contribution in [3.63, 3.8) is 0 Å². The lowest BCUT2D eigenvalue weighted by atomic mass is 9.98. The van der Waals surface area contributed by atoms with Crippen LogP contribution < -0.4 is 10.1 Å². The van der Waals surface area contributed by atoms with Crippen LogP contribution in [0, 0.1) is 5.92 Å². The van der Waals surface area contributed by atoms with E-state index < -0.39 is 11.9 Å². The number of hydrogen-bond donors (Lipinski definition) is 2. The first-order valence-corrected chi connectivity index (χ1v) is 8.48.